The van der Waals surface area contributed by atoms with Crippen molar-refractivity contribution in [2.45, 2.75) is 33.1 Å². The number of primary amides is 1. The van der Waals surface area contributed by atoms with Crippen molar-refractivity contribution in [2.24, 2.45) is 23.5 Å². The molecule has 0 aromatic rings. The molecule has 7 heteroatoms. The van der Waals surface area contributed by atoms with Crippen molar-refractivity contribution in [1.29, 1.82) is 0 Å². The number of carbonyl (C=O) groups excluding carboxylic acids is 2. The van der Waals surface area contributed by atoms with E-state index in [-0.39, 0.29) is 24.3 Å². The van der Waals surface area contributed by atoms with E-state index in [1.54, 1.807) is 0 Å². The molecular weight excluding hydrogens is 274 g/mol. The molecule has 1 aliphatic rings. The number of piperidine rings is 1. The van der Waals surface area contributed by atoms with Gasteiger partial charge in [-0.25, -0.2) is 4.79 Å². The first-order valence-corrected chi connectivity index (χ1v) is 7.36. The molecule has 21 heavy (non-hydrogen) atoms. The number of hydrogen-bond donors (Lipinski definition) is 3. The topological polar surface area (TPSA) is 113 Å². The number of urea groups is 1. The molecular formula is C14H25N3O4. The van der Waals surface area contributed by atoms with Crippen molar-refractivity contribution in [1.82, 2.24) is 10.2 Å². The third-order valence-corrected chi connectivity index (χ3v) is 3.73. The average molecular weight is 299 g/mol. The number of likely N-dealkylation sites (tertiary alicyclic amines) is 1. The van der Waals surface area contributed by atoms with Crippen LogP contribution in [0.5, 0.6) is 0 Å². The largest absolute Gasteiger partial charge is 0.481 e. The van der Waals surface area contributed by atoms with Gasteiger partial charge in [0.2, 0.25) is 5.91 Å². The standard InChI is InChI=1S/C14H25N3O4/c1-9(2)6-11(13(19)20)7-16-12(18)10-4-3-5-17(8-10)14(15)21/h9-11H,3-8H2,1-2H3,(H2,15,21)(H,16,18)(H,19,20). The Balaban J connectivity index is 2.48. The lowest BCUT2D eigenvalue weighted by Gasteiger charge is -2.31. The van der Waals surface area contributed by atoms with Crippen LogP contribution >= 0.6 is 0 Å². The Labute approximate surface area is 124 Å². The fraction of sp³-hybridized carbons (Fsp3) is 0.786. The lowest BCUT2D eigenvalue weighted by atomic mass is 9.95. The molecule has 0 radical (unpaired) electrons. The number of carboxylic acid groups (broad SMARTS) is 1. The molecule has 7 nitrogen and oxygen atoms in total. The van der Waals surface area contributed by atoms with E-state index in [1.165, 1.54) is 4.90 Å². The normalized spacial score (nSPS) is 20.1. The molecule has 0 aromatic carbocycles. The summed E-state index contributed by atoms with van der Waals surface area (Å²) in [5.74, 6) is -1.73. The van der Waals surface area contributed by atoms with Crippen LogP contribution in [0.2, 0.25) is 0 Å². The zero-order valence-electron chi connectivity index (χ0n) is 12.7. The number of amides is 3. The SMILES string of the molecule is CC(C)CC(CNC(=O)C1CCCN(C(N)=O)C1)C(=O)O. The molecule has 0 bridgehead atoms. The summed E-state index contributed by atoms with van der Waals surface area (Å²) in [6.45, 7) is 4.90. The van der Waals surface area contributed by atoms with Crippen LogP contribution in [0.3, 0.4) is 0 Å². The maximum absolute atomic E-state index is 12.1. The van der Waals surface area contributed by atoms with Crippen LogP contribution < -0.4 is 11.1 Å². The van der Waals surface area contributed by atoms with Gasteiger partial charge in [0.05, 0.1) is 11.8 Å². The number of carboxylic acids is 1. The van der Waals surface area contributed by atoms with Crippen molar-refractivity contribution in [2.75, 3.05) is 19.6 Å². The molecule has 3 amide bonds. The van der Waals surface area contributed by atoms with Crippen molar-refractivity contribution in [3.05, 3.63) is 0 Å². The van der Waals surface area contributed by atoms with Gasteiger partial charge in [-0.15, -0.1) is 0 Å². The Morgan fingerprint density at radius 3 is 2.57 bits per heavy atom. The third kappa shape index (κ3) is 5.61. The second kappa shape index (κ2) is 7.85. The maximum atomic E-state index is 12.1. The van der Waals surface area contributed by atoms with Gasteiger partial charge in [-0.3, -0.25) is 9.59 Å². The van der Waals surface area contributed by atoms with E-state index < -0.39 is 17.9 Å². The van der Waals surface area contributed by atoms with Gasteiger partial charge in [-0.2, -0.15) is 0 Å². The minimum atomic E-state index is -0.897. The molecule has 1 aliphatic heterocycles. The van der Waals surface area contributed by atoms with Gasteiger partial charge in [0.25, 0.3) is 0 Å². The van der Waals surface area contributed by atoms with E-state index in [1.807, 2.05) is 13.8 Å². The monoisotopic (exact) mass is 299 g/mol. The summed E-state index contributed by atoms with van der Waals surface area (Å²) in [6, 6.07) is -0.518. The summed E-state index contributed by atoms with van der Waals surface area (Å²) >= 11 is 0. The second-order valence-electron chi connectivity index (χ2n) is 6.03. The van der Waals surface area contributed by atoms with Gasteiger partial charge in [0.1, 0.15) is 0 Å². The first-order chi connectivity index (χ1) is 9.81. The number of hydrogen-bond acceptors (Lipinski definition) is 3. The Morgan fingerprint density at radius 1 is 1.38 bits per heavy atom. The number of nitrogens with one attached hydrogen (secondary N) is 1. The Kier molecular flexibility index (Phi) is 6.45. The van der Waals surface area contributed by atoms with Gasteiger partial charge in [0, 0.05) is 19.6 Å². The summed E-state index contributed by atoms with van der Waals surface area (Å²) in [5.41, 5.74) is 5.22. The molecule has 1 heterocycles. The number of nitrogens with zero attached hydrogens (tertiary/aromatic N) is 1. The zero-order chi connectivity index (χ0) is 16.0. The fourth-order valence-corrected chi connectivity index (χ4v) is 2.60. The molecule has 0 aliphatic carbocycles. The molecule has 120 valence electrons. The van der Waals surface area contributed by atoms with Gasteiger partial charge in [-0.1, -0.05) is 13.8 Å². The first-order valence-electron chi connectivity index (χ1n) is 7.36. The highest BCUT2D eigenvalue weighted by Crippen LogP contribution is 2.17. The number of carbonyl (C=O) groups is 3. The van der Waals surface area contributed by atoms with Crippen LogP contribution in [0.25, 0.3) is 0 Å². The van der Waals surface area contributed by atoms with Crippen molar-refractivity contribution in [3.63, 3.8) is 0 Å². The summed E-state index contributed by atoms with van der Waals surface area (Å²) in [6.07, 6.45) is 1.95. The summed E-state index contributed by atoms with van der Waals surface area (Å²) in [5, 5.41) is 11.8. The molecule has 1 fully saturated rings. The minimum Gasteiger partial charge on any atom is -0.481 e. The van der Waals surface area contributed by atoms with Crippen LogP contribution in [0.4, 0.5) is 4.79 Å². The zero-order valence-corrected chi connectivity index (χ0v) is 12.7. The maximum Gasteiger partial charge on any atom is 0.314 e. The highest BCUT2D eigenvalue weighted by molar-refractivity contribution is 5.81. The number of aliphatic carboxylic acids is 1. The van der Waals surface area contributed by atoms with Crippen molar-refractivity contribution >= 4 is 17.9 Å². The molecule has 4 N–H and O–H groups in total. The number of nitrogens with two attached hydrogens (primary N) is 1. The quantitative estimate of drug-likeness (QED) is 0.668. The van der Waals surface area contributed by atoms with Crippen LogP contribution in [-0.2, 0) is 9.59 Å². The Hall–Kier alpha value is -1.79. The van der Waals surface area contributed by atoms with Crippen LogP contribution in [-0.4, -0.2) is 47.5 Å². The fourth-order valence-electron chi connectivity index (χ4n) is 2.60. The Morgan fingerprint density at radius 2 is 2.05 bits per heavy atom. The van der Waals surface area contributed by atoms with Gasteiger partial charge >= 0.3 is 12.0 Å². The highest BCUT2D eigenvalue weighted by atomic mass is 16.4. The third-order valence-electron chi connectivity index (χ3n) is 3.73. The molecule has 0 saturated carbocycles. The average Bonchev–Trinajstić information content (AvgIpc) is 2.42. The first kappa shape index (κ1) is 17.3. The summed E-state index contributed by atoms with van der Waals surface area (Å²) in [7, 11) is 0. The summed E-state index contributed by atoms with van der Waals surface area (Å²) in [4.78, 5) is 35.8. The van der Waals surface area contributed by atoms with Crippen LogP contribution in [0, 0.1) is 17.8 Å². The summed E-state index contributed by atoms with van der Waals surface area (Å²) < 4.78 is 0. The van der Waals surface area contributed by atoms with Gasteiger partial charge < -0.3 is 21.1 Å². The van der Waals surface area contributed by atoms with Crippen LogP contribution in [0.1, 0.15) is 33.1 Å². The predicted molar refractivity (Wildman–Crippen MR) is 77.5 cm³/mol. The number of rotatable bonds is 6. The molecule has 0 spiro atoms. The smallest absolute Gasteiger partial charge is 0.314 e. The Bertz CT molecular complexity index is 398. The molecule has 0 aromatic heterocycles. The van der Waals surface area contributed by atoms with E-state index in [4.69, 9.17) is 10.8 Å². The van der Waals surface area contributed by atoms with Crippen molar-refractivity contribution < 1.29 is 19.5 Å². The molecule has 1 saturated heterocycles. The lowest BCUT2D eigenvalue weighted by molar-refractivity contribution is -0.142. The minimum absolute atomic E-state index is 0.124. The van der Waals surface area contributed by atoms with E-state index in [2.05, 4.69) is 5.32 Å². The highest BCUT2D eigenvalue weighted by Gasteiger charge is 2.28. The molecule has 2 atom stereocenters. The van der Waals surface area contributed by atoms with Crippen LogP contribution in [0.15, 0.2) is 0 Å². The van der Waals surface area contributed by atoms with E-state index in [0.29, 0.717) is 25.9 Å². The second-order valence-corrected chi connectivity index (χ2v) is 6.03. The van der Waals surface area contributed by atoms with E-state index in [9.17, 15) is 14.4 Å². The molecule has 2 unspecified atom stereocenters. The lowest BCUT2D eigenvalue weighted by Crippen LogP contribution is -2.48. The molecule has 1 rings (SSSR count). The van der Waals surface area contributed by atoms with Gasteiger partial charge in [0.15, 0.2) is 0 Å². The van der Waals surface area contributed by atoms with E-state index in [0.717, 1.165) is 6.42 Å². The van der Waals surface area contributed by atoms with Gasteiger partial charge in [-0.05, 0) is 25.2 Å². The predicted octanol–water partition coefficient (Wildman–Crippen LogP) is 0.640. The van der Waals surface area contributed by atoms with E-state index >= 15 is 0 Å². The van der Waals surface area contributed by atoms with Crippen molar-refractivity contribution in [3.8, 4) is 0 Å².